The number of aliphatic imine (C=N–C) groups is 1. The van der Waals surface area contributed by atoms with Gasteiger partial charge >= 0.3 is 0 Å². The van der Waals surface area contributed by atoms with Gasteiger partial charge in [0.1, 0.15) is 0 Å². The van der Waals surface area contributed by atoms with Crippen molar-refractivity contribution < 1.29 is 0 Å². The lowest BCUT2D eigenvalue weighted by molar-refractivity contribution is 1.06. The Morgan fingerprint density at radius 3 is 2.82 bits per heavy atom. The van der Waals surface area contributed by atoms with Crippen molar-refractivity contribution >= 4 is 17.8 Å². The molecule has 0 N–H and O–H groups in total. The molecule has 0 aromatic carbocycles. The maximum Gasteiger partial charge on any atom is 0.0548 e. The first-order valence-corrected chi connectivity index (χ1v) is 4.00. The molecule has 0 aromatic rings. The molecule has 0 fully saturated rings. The Hall–Kier alpha value is -0.560. The normalized spacial score (nSPS) is 15.4. The van der Waals surface area contributed by atoms with E-state index in [-0.39, 0.29) is 5.38 Å². The van der Waals surface area contributed by atoms with E-state index in [4.69, 9.17) is 11.6 Å². The highest BCUT2D eigenvalue weighted by atomic mass is 35.5. The lowest BCUT2D eigenvalue weighted by Gasteiger charge is -1.97. The molecule has 0 spiro atoms. The van der Waals surface area contributed by atoms with E-state index < -0.39 is 0 Å². The third kappa shape index (κ3) is 5.86. The van der Waals surface area contributed by atoms with Crippen LogP contribution < -0.4 is 0 Å². The zero-order chi connectivity index (χ0) is 8.69. The van der Waals surface area contributed by atoms with Gasteiger partial charge in [-0.15, -0.1) is 18.2 Å². The summed E-state index contributed by atoms with van der Waals surface area (Å²) >= 11 is 5.80. The molecule has 1 atom stereocenters. The number of alkyl halides is 1. The van der Waals surface area contributed by atoms with Gasteiger partial charge in [0.05, 0.1) is 5.38 Å². The average Bonchev–Trinajstić information content (AvgIpc) is 2.01. The van der Waals surface area contributed by atoms with E-state index >= 15 is 0 Å². The molecule has 11 heavy (non-hydrogen) atoms. The molecular weight excluding hydrogens is 158 g/mol. The molecule has 2 heteroatoms. The van der Waals surface area contributed by atoms with Crippen LogP contribution in [0, 0.1) is 0 Å². The second-order valence-corrected chi connectivity index (χ2v) is 2.88. The van der Waals surface area contributed by atoms with Crippen molar-refractivity contribution in [3.05, 3.63) is 24.3 Å². The van der Waals surface area contributed by atoms with Crippen LogP contribution in [0.2, 0.25) is 0 Å². The van der Waals surface area contributed by atoms with Gasteiger partial charge in [-0.05, 0) is 18.9 Å². The Kier molecular flexibility index (Phi) is 5.86. The van der Waals surface area contributed by atoms with Crippen molar-refractivity contribution in [3.63, 3.8) is 0 Å². The minimum atomic E-state index is 0.0372. The molecule has 0 aromatic heterocycles. The van der Waals surface area contributed by atoms with Crippen molar-refractivity contribution in [2.24, 2.45) is 4.99 Å². The number of nitrogens with zero attached hydrogens (tertiary/aromatic N) is 1. The number of allylic oxidation sites excluding steroid dienone is 3. The van der Waals surface area contributed by atoms with Crippen molar-refractivity contribution in [1.29, 1.82) is 0 Å². The fraction of sp³-hybridized carbons (Fsp3) is 0.444. The van der Waals surface area contributed by atoms with E-state index in [9.17, 15) is 0 Å². The van der Waals surface area contributed by atoms with E-state index in [0.717, 1.165) is 12.0 Å². The van der Waals surface area contributed by atoms with E-state index in [2.05, 4.69) is 11.6 Å². The first-order valence-electron chi connectivity index (χ1n) is 3.56. The summed E-state index contributed by atoms with van der Waals surface area (Å²) in [6.45, 7) is 5.59. The number of rotatable bonds is 4. The van der Waals surface area contributed by atoms with Gasteiger partial charge in [-0.1, -0.05) is 12.2 Å². The highest BCUT2D eigenvalue weighted by Gasteiger charge is 1.93. The molecule has 62 valence electrons. The summed E-state index contributed by atoms with van der Waals surface area (Å²) in [6.07, 6.45) is 6.41. The SMILES string of the molecule is C=CC(Cl)C/C=C(\C)C=NC. The van der Waals surface area contributed by atoms with Gasteiger partial charge in [0.25, 0.3) is 0 Å². The van der Waals surface area contributed by atoms with E-state index in [1.54, 1.807) is 13.1 Å². The summed E-state index contributed by atoms with van der Waals surface area (Å²) in [5, 5.41) is 0.0372. The van der Waals surface area contributed by atoms with Crippen molar-refractivity contribution in [2.75, 3.05) is 7.05 Å². The number of hydrogen-bond acceptors (Lipinski definition) is 1. The third-order valence-corrected chi connectivity index (χ3v) is 1.61. The maximum absolute atomic E-state index is 5.80. The zero-order valence-corrected chi connectivity index (χ0v) is 7.80. The van der Waals surface area contributed by atoms with Crippen LogP contribution in [0.3, 0.4) is 0 Å². The highest BCUT2D eigenvalue weighted by molar-refractivity contribution is 6.21. The predicted octanol–water partition coefficient (Wildman–Crippen LogP) is 2.82. The summed E-state index contributed by atoms with van der Waals surface area (Å²) < 4.78 is 0. The van der Waals surface area contributed by atoms with Crippen LogP contribution >= 0.6 is 11.6 Å². The minimum absolute atomic E-state index is 0.0372. The molecule has 0 rings (SSSR count). The summed E-state index contributed by atoms with van der Waals surface area (Å²) in [6, 6.07) is 0. The van der Waals surface area contributed by atoms with Gasteiger partial charge in [0.2, 0.25) is 0 Å². The number of hydrogen-bond donors (Lipinski definition) is 0. The smallest absolute Gasteiger partial charge is 0.0548 e. The molecule has 1 unspecified atom stereocenters. The molecule has 0 aliphatic rings. The summed E-state index contributed by atoms with van der Waals surface area (Å²) in [7, 11) is 1.75. The molecule has 0 amide bonds. The van der Waals surface area contributed by atoms with Gasteiger partial charge in [-0.2, -0.15) is 0 Å². The van der Waals surface area contributed by atoms with E-state index in [1.165, 1.54) is 0 Å². The summed E-state index contributed by atoms with van der Waals surface area (Å²) in [5.41, 5.74) is 1.14. The molecular formula is C9H14ClN. The Bertz CT molecular complexity index is 170. The Labute approximate surface area is 73.5 Å². The van der Waals surface area contributed by atoms with Crippen LogP contribution in [0.4, 0.5) is 0 Å². The molecule has 0 aliphatic heterocycles. The van der Waals surface area contributed by atoms with Crippen molar-refractivity contribution in [3.8, 4) is 0 Å². The monoisotopic (exact) mass is 171 g/mol. The van der Waals surface area contributed by atoms with Gasteiger partial charge in [-0.25, -0.2) is 0 Å². The van der Waals surface area contributed by atoms with Crippen LogP contribution in [0.5, 0.6) is 0 Å². The van der Waals surface area contributed by atoms with Crippen LogP contribution in [0.25, 0.3) is 0 Å². The zero-order valence-electron chi connectivity index (χ0n) is 7.05. The molecule has 0 radical (unpaired) electrons. The average molecular weight is 172 g/mol. The number of halogens is 1. The molecule has 0 heterocycles. The van der Waals surface area contributed by atoms with Crippen LogP contribution in [0.15, 0.2) is 29.3 Å². The highest BCUT2D eigenvalue weighted by Crippen LogP contribution is 2.05. The third-order valence-electron chi connectivity index (χ3n) is 1.25. The largest absolute Gasteiger partial charge is 0.296 e. The lowest BCUT2D eigenvalue weighted by Crippen LogP contribution is -1.90. The van der Waals surface area contributed by atoms with Crippen molar-refractivity contribution in [2.45, 2.75) is 18.7 Å². The second kappa shape index (κ2) is 6.17. The van der Waals surface area contributed by atoms with Crippen molar-refractivity contribution in [1.82, 2.24) is 0 Å². The Balaban J connectivity index is 3.81. The minimum Gasteiger partial charge on any atom is -0.296 e. The van der Waals surface area contributed by atoms with Crippen LogP contribution in [-0.2, 0) is 0 Å². The molecule has 0 saturated heterocycles. The quantitative estimate of drug-likeness (QED) is 0.351. The molecule has 0 bridgehead atoms. The molecule has 1 nitrogen and oxygen atoms in total. The van der Waals surface area contributed by atoms with Gasteiger partial charge < -0.3 is 0 Å². The van der Waals surface area contributed by atoms with E-state index in [1.807, 2.05) is 19.2 Å². The van der Waals surface area contributed by atoms with E-state index in [0.29, 0.717) is 0 Å². The first-order chi connectivity index (χ1) is 5.20. The molecule has 0 saturated carbocycles. The Morgan fingerprint density at radius 2 is 2.36 bits per heavy atom. The Morgan fingerprint density at radius 1 is 1.73 bits per heavy atom. The summed E-state index contributed by atoms with van der Waals surface area (Å²) in [5.74, 6) is 0. The predicted molar refractivity (Wildman–Crippen MR) is 52.6 cm³/mol. The fourth-order valence-electron chi connectivity index (χ4n) is 0.651. The van der Waals surface area contributed by atoms with Gasteiger partial charge in [-0.3, -0.25) is 4.99 Å². The fourth-order valence-corrected chi connectivity index (χ4v) is 0.740. The second-order valence-electron chi connectivity index (χ2n) is 2.32. The maximum atomic E-state index is 5.80. The van der Waals surface area contributed by atoms with Crippen LogP contribution in [-0.4, -0.2) is 18.6 Å². The first kappa shape index (κ1) is 10.4. The lowest BCUT2D eigenvalue weighted by atomic mass is 10.2. The van der Waals surface area contributed by atoms with Gasteiger partial charge in [0.15, 0.2) is 0 Å². The molecule has 0 aliphatic carbocycles. The standard InChI is InChI=1S/C9H14ClN/c1-4-9(10)6-5-8(2)7-11-3/h4-5,7,9H,1,6H2,2-3H3/b8-5+,11-7?. The van der Waals surface area contributed by atoms with Crippen LogP contribution in [0.1, 0.15) is 13.3 Å². The summed E-state index contributed by atoms with van der Waals surface area (Å²) in [4.78, 5) is 3.88. The van der Waals surface area contributed by atoms with Gasteiger partial charge in [0, 0.05) is 13.3 Å². The topological polar surface area (TPSA) is 12.4 Å².